The number of carbonyl (C=O) groups is 1. The molecule has 0 radical (unpaired) electrons. The Labute approximate surface area is 273 Å². The number of amides is 1. The third-order valence-electron chi connectivity index (χ3n) is 6.83. The zero-order valence-electron chi connectivity index (χ0n) is 25.4. The number of rotatable bonds is 11. The van der Waals surface area contributed by atoms with Crippen molar-refractivity contribution in [2.45, 2.75) is 20.8 Å². The van der Waals surface area contributed by atoms with Crippen molar-refractivity contribution < 1.29 is 9.53 Å². The molecule has 224 valence electrons. The molecule has 1 aromatic heterocycles. The first-order chi connectivity index (χ1) is 21.1. The van der Waals surface area contributed by atoms with E-state index in [2.05, 4.69) is 47.9 Å². The van der Waals surface area contributed by atoms with E-state index in [4.69, 9.17) is 17.4 Å². The van der Waals surface area contributed by atoms with E-state index in [-0.39, 0.29) is 5.91 Å². The molecule has 4 rings (SSSR count). The number of benzene rings is 3. The minimum atomic E-state index is -0.177. The SMILES string of the molecule is C=Cc1c(C)cc(NC(=C)S/C(=C(\C)S)c2cc(-c3cccc(NC(=O)C(=CC)/C=c4/ccccc4=C)c3)cs2)cc1OC. The number of methoxy groups -OCH3 is 1. The quantitative estimate of drug-likeness (QED) is 0.114. The van der Waals surface area contributed by atoms with Gasteiger partial charge in [0.25, 0.3) is 5.91 Å². The summed E-state index contributed by atoms with van der Waals surface area (Å²) in [7, 11) is 1.65. The van der Waals surface area contributed by atoms with Gasteiger partial charge in [0.15, 0.2) is 0 Å². The lowest BCUT2D eigenvalue weighted by Crippen LogP contribution is -2.24. The van der Waals surface area contributed by atoms with Gasteiger partial charge in [0, 0.05) is 38.4 Å². The Bertz CT molecular complexity index is 1900. The van der Waals surface area contributed by atoms with E-state index in [1.165, 1.54) is 11.8 Å². The molecule has 7 heteroatoms. The Hall–Kier alpha value is -4.17. The fourth-order valence-electron chi connectivity index (χ4n) is 4.59. The van der Waals surface area contributed by atoms with Crippen LogP contribution in [0.2, 0.25) is 0 Å². The van der Waals surface area contributed by atoms with Crippen LogP contribution in [0.15, 0.2) is 107 Å². The monoisotopic (exact) mass is 636 g/mol. The molecule has 0 fully saturated rings. The summed E-state index contributed by atoms with van der Waals surface area (Å²) in [5.74, 6) is 0.579. The number of hydrogen-bond donors (Lipinski definition) is 3. The van der Waals surface area contributed by atoms with Gasteiger partial charge in [-0.25, -0.2) is 0 Å². The summed E-state index contributed by atoms with van der Waals surface area (Å²) in [6.07, 6.45) is 5.46. The normalized spacial score (nSPS) is 12.4. The maximum absolute atomic E-state index is 13.1. The zero-order valence-corrected chi connectivity index (χ0v) is 27.9. The van der Waals surface area contributed by atoms with E-state index in [9.17, 15) is 4.79 Å². The summed E-state index contributed by atoms with van der Waals surface area (Å²) in [6.45, 7) is 18.1. The van der Waals surface area contributed by atoms with Crippen LogP contribution in [0.25, 0.3) is 34.8 Å². The Kier molecular flexibility index (Phi) is 11.2. The molecule has 4 aromatic rings. The molecule has 0 bridgehead atoms. The first-order valence-corrected chi connectivity index (χ1v) is 16.0. The molecular formula is C37H36N2O2S3. The van der Waals surface area contributed by atoms with E-state index < -0.39 is 0 Å². The first-order valence-electron chi connectivity index (χ1n) is 13.9. The molecule has 0 aliphatic carbocycles. The molecule has 1 heterocycles. The van der Waals surface area contributed by atoms with Gasteiger partial charge >= 0.3 is 0 Å². The molecule has 0 atom stereocenters. The van der Waals surface area contributed by atoms with Crippen molar-refractivity contribution in [1.82, 2.24) is 0 Å². The predicted molar refractivity (Wildman–Crippen MR) is 198 cm³/mol. The van der Waals surface area contributed by atoms with E-state index in [0.29, 0.717) is 5.57 Å². The summed E-state index contributed by atoms with van der Waals surface area (Å²) in [5.41, 5.74) is 6.26. The number of carbonyl (C=O) groups excluding carboxylic acids is 1. The van der Waals surface area contributed by atoms with Crippen LogP contribution in [-0.4, -0.2) is 13.0 Å². The van der Waals surface area contributed by atoms with Gasteiger partial charge < -0.3 is 15.4 Å². The van der Waals surface area contributed by atoms with Gasteiger partial charge in [-0.05, 0) is 88.5 Å². The van der Waals surface area contributed by atoms with Gasteiger partial charge in [0.2, 0.25) is 0 Å². The van der Waals surface area contributed by atoms with Crippen molar-refractivity contribution in [3.05, 3.63) is 133 Å². The largest absolute Gasteiger partial charge is 0.496 e. The molecule has 0 aliphatic heterocycles. The molecule has 44 heavy (non-hydrogen) atoms. The van der Waals surface area contributed by atoms with Crippen LogP contribution in [-0.2, 0) is 4.79 Å². The summed E-state index contributed by atoms with van der Waals surface area (Å²) in [4.78, 5) is 16.1. The Morgan fingerprint density at radius 2 is 1.80 bits per heavy atom. The van der Waals surface area contributed by atoms with Gasteiger partial charge in [-0.3, -0.25) is 4.79 Å². The number of anilines is 2. The summed E-state index contributed by atoms with van der Waals surface area (Å²) in [5, 5.41) is 11.1. The standard InChI is InChI=1S/C37H36N2O2S3/c1-8-27(18-28-14-11-10-13-23(28)3)37(40)39-31-16-12-15-29(19-31)30-20-35(43-22-30)36(25(5)42)44-26(6)38-32-17-24(4)33(9-2)34(21-32)41-7/h8-22,38,42H,2-3,6H2,1,4-5,7H3,(H,39,40)/b27-8?,28-18-,36-25+. The van der Waals surface area contributed by atoms with Crippen LogP contribution in [0, 0.1) is 6.92 Å². The molecule has 0 saturated heterocycles. The van der Waals surface area contributed by atoms with Gasteiger partial charge in [0.05, 0.1) is 12.1 Å². The average molecular weight is 637 g/mol. The fraction of sp³-hybridized carbons (Fsp3) is 0.108. The molecular weight excluding hydrogens is 601 g/mol. The van der Waals surface area contributed by atoms with Gasteiger partial charge in [0.1, 0.15) is 5.75 Å². The minimum absolute atomic E-state index is 0.177. The van der Waals surface area contributed by atoms with Crippen molar-refractivity contribution in [3.63, 3.8) is 0 Å². The number of hydrogen-bond acceptors (Lipinski definition) is 6. The van der Waals surface area contributed by atoms with E-state index in [1.807, 2.05) is 81.4 Å². The number of thiol groups is 1. The Morgan fingerprint density at radius 1 is 1.02 bits per heavy atom. The molecule has 0 unspecified atom stereocenters. The van der Waals surface area contributed by atoms with Crippen molar-refractivity contribution >= 4 is 76.6 Å². The van der Waals surface area contributed by atoms with Gasteiger partial charge in [-0.15, -0.1) is 24.0 Å². The van der Waals surface area contributed by atoms with Crippen LogP contribution < -0.4 is 25.8 Å². The van der Waals surface area contributed by atoms with Crippen LogP contribution in [0.5, 0.6) is 5.75 Å². The van der Waals surface area contributed by atoms with Gasteiger partial charge in [-0.1, -0.05) is 80.0 Å². The Balaban J connectivity index is 1.50. The molecule has 0 spiro atoms. The van der Waals surface area contributed by atoms with Crippen LogP contribution in [0.4, 0.5) is 11.4 Å². The predicted octanol–water partition coefficient (Wildman–Crippen LogP) is 9.09. The topological polar surface area (TPSA) is 50.4 Å². The lowest BCUT2D eigenvalue weighted by atomic mass is 10.1. The van der Waals surface area contributed by atoms with Crippen LogP contribution in [0.3, 0.4) is 0 Å². The number of thiophene rings is 1. The molecule has 1 amide bonds. The second kappa shape index (κ2) is 15.0. The lowest BCUT2D eigenvalue weighted by molar-refractivity contribution is -0.112. The van der Waals surface area contributed by atoms with Gasteiger partial charge in [-0.2, -0.15) is 0 Å². The number of allylic oxidation sites excluding steroid dienone is 2. The maximum Gasteiger partial charge on any atom is 0.255 e. The lowest BCUT2D eigenvalue weighted by Gasteiger charge is -2.15. The fourth-order valence-corrected chi connectivity index (χ4v) is 6.83. The van der Waals surface area contributed by atoms with Crippen LogP contribution in [0.1, 0.15) is 29.9 Å². The first kappa shape index (κ1) is 32.7. The third-order valence-corrected chi connectivity index (χ3v) is 9.36. The summed E-state index contributed by atoms with van der Waals surface area (Å²) in [6, 6.07) is 21.7. The average Bonchev–Trinajstić information content (AvgIpc) is 3.49. The maximum atomic E-state index is 13.1. The highest BCUT2D eigenvalue weighted by Gasteiger charge is 2.14. The number of thioether (sulfide) groups is 1. The van der Waals surface area contributed by atoms with Crippen molar-refractivity contribution in [3.8, 4) is 16.9 Å². The minimum Gasteiger partial charge on any atom is -0.496 e. The summed E-state index contributed by atoms with van der Waals surface area (Å²) < 4.78 is 5.55. The second-order valence-corrected chi connectivity index (χ2v) is 12.7. The smallest absolute Gasteiger partial charge is 0.255 e. The van der Waals surface area contributed by atoms with Crippen molar-refractivity contribution in [2.24, 2.45) is 0 Å². The van der Waals surface area contributed by atoms with Crippen LogP contribution >= 0.6 is 35.7 Å². The second-order valence-electron chi connectivity index (χ2n) is 10.00. The van der Waals surface area contributed by atoms with E-state index in [0.717, 1.165) is 69.5 Å². The number of ether oxygens (including phenoxy) is 1. The van der Waals surface area contributed by atoms with Crippen molar-refractivity contribution in [2.75, 3.05) is 17.7 Å². The highest BCUT2D eigenvalue weighted by molar-refractivity contribution is 8.12. The van der Waals surface area contributed by atoms with E-state index in [1.54, 1.807) is 30.6 Å². The molecule has 3 aromatic carbocycles. The number of nitrogens with one attached hydrogen (secondary N) is 2. The molecule has 0 saturated carbocycles. The molecule has 2 N–H and O–H groups in total. The zero-order chi connectivity index (χ0) is 31.8. The highest BCUT2D eigenvalue weighted by atomic mass is 32.2. The third kappa shape index (κ3) is 8.05. The van der Waals surface area contributed by atoms with E-state index >= 15 is 0 Å². The van der Waals surface area contributed by atoms with Crippen molar-refractivity contribution in [1.29, 1.82) is 0 Å². The number of aryl methyl sites for hydroxylation is 1. The molecule has 4 nitrogen and oxygen atoms in total. The molecule has 0 aliphatic rings. The Morgan fingerprint density at radius 3 is 2.48 bits per heavy atom. The summed E-state index contributed by atoms with van der Waals surface area (Å²) >= 11 is 7.88. The highest BCUT2D eigenvalue weighted by Crippen LogP contribution is 2.42.